The van der Waals surface area contributed by atoms with Gasteiger partial charge in [0, 0.05) is 43.1 Å². The van der Waals surface area contributed by atoms with Gasteiger partial charge in [-0.15, -0.1) is 0 Å². The first-order valence-corrected chi connectivity index (χ1v) is 14.2. The van der Waals surface area contributed by atoms with Crippen LogP contribution >= 0.6 is 11.6 Å². The Bertz CT molecular complexity index is 1740. The average Bonchev–Trinajstić information content (AvgIpc) is 3.87. The highest BCUT2D eigenvalue weighted by Gasteiger charge is 2.37. The van der Waals surface area contributed by atoms with Gasteiger partial charge in [-0.25, -0.2) is 33.5 Å². The van der Waals surface area contributed by atoms with Gasteiger partial charge in [-0.3, -0.25) is 0 Å². The fraction of sp³-hybridized carbons (Fsp3) is 0.379. The van der Waals surface area contributed by atoms with Crippen LogP contribution in [0.3, 0.4) is 0 Å². The molecule has 1 N–H and O–H groups in total. The molecule has 1 amide bonds. The molecule has 10 nitrogen and oxygen atoms in total. The maximum atomic E-state index is 15.0. The largest absolute Gasteiger partial charge is 0.465 e. The molecule has 41 heavy (non-hydrogen) atoms. The number of rotatable bonds is 5. The van der Waals surface area contributed by atoms with E-state index in [1.165, 1.54) is 15.5 Å². The molecule has 2 saturated carbocycles. The van der Waals surface area contributed by atoms with E-state index in [1.54, 1.807) is 30.6 Å². The van der Waals surface area contributed by atoms with E-state index in [4.69, 9.17) is 16.6 Å². The number of carbonyl (C=O) groups is 1. The highest BCUT2D eigenvalue weighted by Crippen LogP contribution is 2.47. The lowest BCUT2D eigenvalue weighted by molar-refractivity contribution is 0.136. The summed E-state index contributed by atoms with van der Waals surface area (Å²) in [6, 6.07) is 7.65. The van der Waals surface area contributed by atoms with Crippen molar-refractivity contribution in [3.8, 4) is 16.9 Å². The first-order valence-electron chi connectivity index (χ1n) is 13.8. The van der Waals surface area contributed by atoms with Crippen LogP contribution < -0.4 is 10.6 Å². The Morgan fingerprint density at radius 2 is 1.73 bits per heavy atom. The maximum Gasteiger partial charge on any atom is 0.407 e. The zero-order valence-electron chi connectivity index (χ0n) is 22.3. The summed E-state index contributed by atoms with van der Waals surface area (Å²) in [5.41, 5.74) is 2.38. The Balaban J connectivity index is 1.51. The van der Waals surface area contributed by atoms with E-state index < -0.39 is 17.6 Å². The van der Waals surface area contributed by atoms with Crippen LogP contribution in [0.25, 0.3) is 28.0 Å². The quantitative estimate of drug-likeness (QED) is 0.354. The number of pyridine rings is 1. The third kappa shape index (κ3) is 4.48. The van der Waals surface area contributed by atoms with Crippen molar-refractivity contribution < 1.29 is 14.3 Å². The lowest BCUT2D eigenvalue weighted by Crippen LogP contribution is -2.54. The van der Waals surface area contributed by atoms with Crippen LogP contribution in [0.1, 0.15) is 55.8 Å². The number of piperazine rings is 1. The maximum absolute atomic E-state index is 15.0. The van der Waals surface area contributed by atoms with Crippen molar-refractivity contribution in [2.75, 3.05) is 24.5 Å². The van der Waals surface area contributed by atoms with Crippen LogP contribution in [-0.2, 0) is 0 Å². The van der Waals surface area contributed by atoms with E-state index in [0.29, 0.717) is 23.4 Å². The molecular weight excluding hydrogens is 549 g/mol. The van der Waals surface area contributed by atoms with Crippen molar-refractivity contribution >= 4 is 34.5 Å². The van der Waals surface area contributed by atoms with Crippen LogP contribution in [0.5, 0.6) is 0 Å². The molecule has 1 aromatic carbocycles. The second kappa shape index (κ2) is 9.76. The average molecular weight is 576 g/mol. The van der Waals surface area contributed by atoms with Gasteiger partial charge >= 0.3 is 11.8 Å². The van der Waals surface area contributed by atoms with Crippen LogP contribution in [0, 0.1) is 5.82 Å². The van der Waals surface area contributed by atoms with Crippen LogP contribution in [0.2, 0.25) is 5.02 Å². The number of hydrogen-bond donors (Lipinski definition) is 1. The molecule has 12 heteroatoms. The summed E-state index contributed by atoms with van der Waals surface area (Å²) in [4.78, 5) is 47.6. The van der Waals surface area contributed by atoms with Gasteiger partial charge in [0.15, 0.2) is 5.65 Å². The van der Waals surface area contributed by atoms with E-state index in [1.807, 2.05) is 11.8 Å². The number of carboxylic acid groups (broad SMARTS) is 1. The second-order valence-electron chi connectivity index (χ2n) is 11.0. The predicted octanol–water partition coefficient (Wildman–Crippen LogP) is 4.97. The molecule has 2 aliphatic carbocycles. The molecule has 1 atom stereocenters. The molecule has 3 aromatic heterocycles. The topological polar surface area (TPSA) is 117 Å². The Labute approximate surface area is 239 Å². The minimum atomic E-state index is -0.992. The van der Waals surface area contributed by atoms with Crippen molar-refractivity contribution in [2.24, 2.45) is 0 Å². The van der Waals surface area contributed by atoms with Gasteiger partial charge in [-0.05, 0) is 50.8 Å². The molecule has 0 unspecified atom stereocenters. The molecule has 0 radical (unpaired) electrons. The molecule has 4 aromatic rings. The van der Waals surface area contributed by atoms with Gasteiger partial charge in [-0.1, -0.05) is 23.7 Å². The Kier molecular flexibility index (Phi) is 6.15. The van der Waals surface area contributed by atoms with Gasteiger partial charge in [0.25, 0.3) is 0 Å². The van der Waals surface area contributed by atoms with E-state index >= 15 is 0 Å². The van der Waals surface area contributed by atoms with Gasteiger partial charge in [0.2, 0.25) is 0 Å². The monoisotopic (exact) mass is 575 g/mol. The van der Waals surface area contributed by atoms with Crippen molar-refractivity contribution in [3.05, 3.63) is 69.4 Å². The molecule has 210 valence electrons. The minimum Gasteiger partial charge on any atom is -0.465 e. The normalized spacial score (nSPS) is 19.1. The molecule has 0 bridgehead atoms. The first kappa shape index (κ1) is 25.8. The standard InChI is InChI=1S/C29H27ClFN7O3/c1-15-13-36(29(40)41)10-11-37(15)26-19-12-20(30)24(18-4-2-3-5-21(18)31)34-27(19)38(28(39)35-26)25-22(16-6-7-16)32-14-33-23(25)17-8-9-17/h2-5,12,14-17H,6-11,13H2,1H3,(H,40,41)/t15-/m0/s1. The zero-order valence-corrected chi connectivity index (χ0v) is 23.1. The van der Waals surface area contributed by atoms with E-state index in [9.17, 15) is 19.1 Å². The lowest BCUT2D eigenvalue weighted by Gasteiger charge is -2.39. The molecule has 0 spiro atoms. The number of benzene rings is 1. The van der Waals surface area contributed by atoms with E-state index in [-0.39, 0.29) is 52.9 Å². The third-order valence-electron chi connectivity index (χ3n) is 8.13. The summed E-state index contributed by atoms with van der Waals surface area (Å²) in [5.74, 6) is 0.318. The van der Waals surface area contributed by atoms with Gasteiger partial charge < -0.3 is 14.9 Å². The predicted molar refractivity (Wildman–Crippen MR) is 151 cm³/mol. The highest BCUT2D eigenvalue weighted by molar-refractivity contribution is 6.33. The number of aromatic nitrogens is 5. The number of fused-ring (bicyclic) bond motifs is 1. The Morgan fingerprint density at radius 3 is 2.34 bits per heavy atom. The Hall–Kier alpha value is -4.12. The van der Waals surface area contributed by atoms with E-state index in [2.05, 4.69) is 15.0 Å². The fourth-order valence-corrected chi connectivity index (χ4v) is 6.01. The summed E-state index contributed by atoms with van der Waals surface area (Å²) in [6.45, 7) is 2.73. The summed E-state index contributed by atoms with van der Waals surface area (Å²) >= 11 is 6.77. The smallest absolute Gasteiger partial charge is 0.407 e. The molecule has 1 saturated heterocycles. The minimum absolute atomic E-state index is 0.210. The van der Waals surface area contributed by atoms with Crippen LogP contribution in [-0.4, -0.2) is 66.3 Å². The second-order valence-corrected chi connectivity index (χ2v) is 11.4. The third-order valence-corrected chi connectivity index (χ3v) is 8.42. The summed E-state index contributed by atoms with van der Waals surface area (Å²) in [7, 11) is 0. The molecule has 7 rings (SSSR count). The van der Waals surface area contributed by atoms with Crippen LogP contribution in [0.4, 0.5) is 15.0 Å². The summed E-state index contributed by atoms with van der Waals surface area (Å²) in [6.07, 6.45) is 4.45. The number of anilines is 1. The van der Waals surface area contributed by atoms with Gasteiger partial charge in [0.1, 0.15) is 18.0 Å². The van der Waals surface area contributed by atoms with Crippen molar-refractivity contribution in [2.45, 2.75) is 50.5 Å². The fourth-order valence-electron chi connectivity index (χ4n) is 5.76. The van der Waals surface area contributed by atoms with Crippen molar-refractivity contribution in [1.82, 2.24) is 29.4 Å². The first-order chi connectivity index (χ1) is 19.8. The molecular formula is C29H27ClFN7O3. The molecule has 4 heterocycles. The van der Waals surface area contributed by atoms with Crippen molar-refractivity contribution in [1.29, 1.82) is 0 Å². The van der Waals surface area contributed by atoms with Gasteiger partial charge in [0.05, 0.1) is 33.2 Å². The summed E-state index contributed by atoms with van der Waals surface area (Å²) in [5, 5.41) is 10.2. The van der Waals surface area contributed by atoms with Gasteiger partial charge in [-0.2, -0.15) is 4.98 Å². The highest BCUT2D eigenvalue weighted by atomic mass is 35.5. The molecule has 1 aliphatic heterocycles. The van der Waals surface area contributed by atoms with E-state index in [0.717, 1.165) is 37.1 Å². The lowest BCUT2D eigenvalue weighted by atomic mass is 10.1. The number of hydrogen-bond acceptors (Lipinski definition) is 7. The van der Waals surface area contributed by atoms with Crippen LogP contribution in [0.15, 0.2) is 41.5 Å². The molecule has 3 aliphatic rings. The number of amides is 1. The zero-order chi connectivity index (χ0) is 28.4. The van der Waals surface area contributed by atoms with Crippen molar-refractivity contribution in [3.63, 3.8) is 0 Å². The molecule has 3 fully saturated rings. The Morgan fingerprint density at radius 1 is 1.05 bits per heavy atom. The number of halogens is 2. The SMILES string of the molecule is C[C@H]1CN(C(=O)O)CCN1c1nc(=O)n(-c2c(C3CC3)ncnc2C2CC2)c2nc(-c3ccccc3F)c(Cl)cc12. The summed E-state index contributed by atoms with van der Waals surface area (Å²) < 4.78 is 16.5. The number of nitrogens with zero attached hydrogens (tertiary/aromatic N) is 7.